The van der Waals surface area contributed by atoms with Crippen molar-refractivity contribution in [1.29, 1.82) is 0 Å². The number of carbonyl (C=O) groups excluding carboxylic acids is 2. The molecule has 1 heterocycles. The standard InChI is InChI=1S/C21H24ClN3O5S/c1-4-30-18-9-8-16(12-19(18)31(28,29)24(2)3)23-21(27)14-10-20(26)25(13-14)17-7-5-6-15(22)11-17/h5-9,11-12,14H,4,10,13H2,1-3H3,(H,23,27)/t14-/m1/s1. The van der Waals surface area contributed by atoms with Crippen LogP contribution in [0.25, 0.3) is 0 Å². The van der Waals surface area contributed by atoms with E-state index in [9.17, 15) is 18.0 Å². The molecule has 10 heteroatoms. The van der Waals surface area contributed by atoms with E-state index in [1.807, 2.05) is 0 Å². The number of amides is 2. The summed E-state index contributed by atoms with van der Waals surface area (Å²) < 4.78 is 31.8. The maximum Gasteiger partial charge on any atom is 0.246 e. The predicted octanol–water partition coefficient (Wildman–Crippen LogP) is 2.98. The van der Waals surface area contributed by atoms with E-state index in [2.05, 4.69) is 5.32 Å². The zero-order chi connectivity index (χ0) is 22.8. The molecule has 1 aliphatic rings. The first-order valence-corrected chi connectivity index (χ1v) is 11.5. The molecular weight excluding hydrogens is 442 g/mol. The van der Waals surface area contributed by atoms with Gasteiger partial charge in [0.2, 0.25) is 21.8 Å². The third kappa shape index (κ3) is 5.00. The molecule has 0 saturated carbocycles. The molecule has 0 radical (unpaired) electrons. The summed E-state index contributed by atoms with van der Waals surface area (Å²) in [5.41, 5.74) is 0.941. The molecule has 2 aromatic carbocycles. The highest BCUT2D eigenvalue weighted by atomic mass is 35.5. The second-order valence-electron chi connectivity index (χ2n) is 7.26. The van der Waals surface area contributed by atoms with Crippen LogP contribution in [0.2, 0.25) is 5.02 Å². The molecule has 1 fully saturated rings. The van der Waals surface area contributed by atoms with E-state index in [-0.39, 0.29) is 35.4 Å². The van der Waals surface area contributed by atoms with Crippen LogP contribution in [0.1, 0.15) is 13.3 Å². The third-order valence-corrected chi connectivity index (χ3v) is 6.96. The molecule has 1 saturated heterocycles. The van der Waals surface area contributed by atoms with Gasteiger partial charge in [-0.3, -0.25) is 9.59 Å². The number of ether oxygens (including phenoxy) is 1. The molecule has 0 spiro atoms. The Kier molecular flexibility index (Phi) is 6.88. The molecule has 0 aliphatic carbocycles. The van der Waals surface area contributed by atoms with Crippen molar-refractivity contribution in [2.24, 2.45) is 5.92 Å². The van der Waals surface area contributed by atoms with Crippen LogP contribution in [0.15, 0.2) is 47.4 Å². The van der Waals surface area contributed by atoms with Crippen molar-refractivity contribution in [3.05, 3.63) is 47.5 Å². The van der Waals surface area contributed by atoms with Crippen molar-refractivity contribution in [1.82, 2.24) is 4.31 Å². The molecule has 2 amide bonds. The Morgan fingerprint density at radius 2 is 2.00 bits per heavy atom. The van der Waals surface area contributed by atoms with Crippen LogP contribution in [-0.2, 0) is 19.6 Å². The summed E-state index contributed by atoms with van der Waals surface area (Å²) in [6, 6.07) is 11.3. The molecule has 1 N–H and O–H groups in total. The van der Waals surface area contributed by atoms with E-state index in [1.54, 1.807) is 37.3 Å². The van der Waals surface area contributed by atoms with Gasteiger partial charge in [-0.25, -0.2) is 12.7 Å². The minimum absolute atomic E-state index is 0.0415. The number of anilines is 2. The second kappa shape index (κ2) is 9.25. The normalized spacial score (nSPS) is 16.6. The van der Waals surface area contributed by atoms with Gasteiger partial charge in [0, 0.05) is 43.5 Å². The maximum atomic E-state index is 12.8. The van der Waals surface area contributed by atoms with Crippen molar-refractivity contribution < 1.29 is 22.7 Å². The summed E-state index contributed by atoms with van der Waals surface area (Å²) in [6.07, 6.45) is 0.0538. The highest BCUT2D eigenvalue weighted by molar-refractivity contribution is 7.89. The quantitative estimate of drug-likeness (QED) is 0.678. The molecule has 3 rings (SSSR count). The van der Waals surface area contributed by atoms with Crippen LogP contribution >= 0.6 is 11.6 Å². The lowest BCUT2D eigenvalue weighted by Gasteiger charge is -2.18. The highest BCUT2D eigenvalue weighted by Gasteiger charge is 2.35. The van der Waals surface area contributed by atoms with Crippen LogP contribution < -0.4 is 15.0 Å². The lowest BCUT2D eigenvalue weighted by atomic mass is 10.1. The number of hydrogen-bond acceptors (Lipinski definition) is 5. The van der Waals surface area contributed by atoms with Crippen molar-refractivity contribution in [2.75, 3.05) is 37.5 Å². The fraction of sp³-hybridized carbons (Fsp3) is 0.333. The van der Waals surface area contributed by atoms with Crippen LogP contribution in [0.5, 0.6) is 5.75 Å². The number of hydrogen-bond donors (Lipinski definition) is 1. The number of halogens is 1. The first kappa shape index (κ1) is 23.1. The lowest BCUT2D eigenvalue weighted by Crippen LogP contribution is -2.28. The van der Waals surface area contributed by atoms with Crippen molar-refractivity contribution >= 4 is 44.8 Å². The Labute approximate surface area is 186 Å². The number of rotatable bonds is 7. The number of nitrogens with zero attached hydrogens (tertiary/aromatic N) is 2. The number of nitrogens with one attached hydrogen (secondary N) is 1. The Bertz CT molecular complexity index is 1100. The maximum absolute atomic E-state index is 12.8. The molecular formula is C21H24ClN3O5S. The summed E-state index contributed by atoms with van der Waals surface area (Å²) in [6.45, 7) is 2.26. The van der Waals surface area contributed by atoms with Gasteiger partial charge in [-0.2, -0.15) is 0 Å². The highest BCUT2D eigenvalue weighted by Crippen LogP contribution is 2.31. The van der Waals surface area contributed by atoms with Crippen molar-refractivity contribution in [2.45, 2.75) is 18.2 Å². The fourth-order valence-electron chi connectivity index (χ4n) is 3.28. The molecule has 1 atom stereocenters. The van der Waals surface area contributed by atoms with Gasteiger partial charge in [-0.1, -0.05) is 17.7 Å². The molecule has 2 aromatic rings. The Morgan fingerprint density at radius 1 is 1.26 bits per heavy atom. The first-order valence-electron chi connectivity index (χ1n) is 9.69. The van der Waals surface area contributed by atoms with E-state index >= 15 is 0 Å². The Hall–Kier alpha value is -2.62. The first-order chi connectivity index (χ1) is 14.6. The van der Waals surface area contributed by atoms with E-state index in [1.165, 1.54) is 31.1 Å². The average molecular weight is 466 g/mol. The van der Waals surface area contributed by atoms with E-state index in [0.717, 1.165) is 4.31 Å². The molecule has 166 valence electrons. The topological polar surface area (TPSA) is 96.0 Å². The van der Waals surface area contributed by atoms with Gasteiger partial charge in [-0.05, 0) is 43.3 Å². The monoisotopic (exact) mass is 465 g/mol. The molecule has 0 unspecified atom stereocenters. The van der Waals surface area contributed by atoms with Crippen LogP contribution in [0, 0.1) is 5.92 Å². The second-order valence-corrected chi connectivity index (χ2v) is 9.81. The summed E-state index contributed by atoms with van der Waals surface area (Å²) >= 11 is 6.01. The van der Waals surface area contributed by atoms with Gasteiger partial charge in [-0.15, -0.1) is 0 Å². The third-order valence-electron chi connectivity index (χ3n) is 4.89. The summed E-state index contributed by atoms with van der Waals surface area (Å²) in [5.74, 6) is -0.912. The van der Waals surface area contributed by atoms with Gasteiger partial charge < -0.3 is 15.0 Å². The minimum atomic E-state index is -3.78. The summed E-state index contributed by atoms with van der Waals surface area (Å²) in [7, 11) is -0.940. The largest absolute Gasteiger partial charge is 0.492 e. The summed E-state index contributed by atoms with van der Waals surface area (Å²) in [4.78, 5) is 26.7. The molecule has 0 aromatic heterocycles. The number of carbonyl (C=O) groups is 2. The summed E-state index contributed by atoms with van der Waals surface area (Å²) in [5, 5.41) is 3.23. The van der Waals surface area contributed by atoms with Gasteiger partial charge in [0.15, 0.2) is 0 Å². The van der Waals surface area contributed by atoms with Gasteiger partial charge in [0.05, 0.1) is 12.5 Å². The Balaban J connectivity index is 1.80. The number of sulfonamides is 1. The Morgan fingerprint density at radius 3 is 2.65 bits per heavy atom. The van der Waals surface area contributed by atoms with Gasteiger partial charge in [0.1, 0.15) is 10.6 Å². The average Bonchev–Trinajstić information content (AvgIpc) is 3.11. The number of benzene rings is 2. The van der Waals surface area contributed by atoms with Crippen LogP contribution in [0.3, 0.4) is 0 Å². The van der Waals surface area contributed by atoms with E-state index in [0.29, 0.717) is 23.0 Å². The van der Waals surface area contributed by atoms with Gasteiger partial charge in [0.25, 0.3) is 0 Å². The van der Waals surface area contributed by atoms with Crippen LogP contribution in [-0.4, -0.2) is 51.8 Å². The van der Waals surface area contributed by atoms with Crippen molar-refractivity contribution in [3.8, 4) is 5.75 Å². The van der Waals surface area contributed by atoms with E-state index in [4.69, 9.17) is 16.3 Å². The smallest absolute Gasteiger partial charge is 0.246 e. The molecule has 0 bridgehead atoms. The molecule has 8 nitrogen and oxygen atoms in total. The van der Waals surface area contributed by atoms with Crippen molar-refractivity contribution in [3.63, 3.8) is 0 Å². The molecule has 31 heavy (non-hydrogen) atoms. The lowest BCUT2D eigenvalue weighted by molar-refractivity contribution is -0.122. The minimum Gasteiger partial charge on any atom is -0.492 e. The van der Waals surface area contributed by atoms with Crippen LogP contribution in [0.4, 0.5) is 11.4 Å². The zero-order valence-electron chi connectivity index (χ0n) is 17.5. The van der Waals surface area contributed by atoms with Gasteiger partial charge >= 0.3 is 0 Å². The predicted molar refractivity (Wildman–Crippen MR) is 119 cm³/mol. The molecule has 1 aliphatic heterocycles. The SMILES string of the molecule is CCOc1ccc(NC(=O)[C@@H]2CC(=O)N(c3cccc(Cl)c3)C2)cc1S(=O)(=O)N(C)C. The van der Waals surface area contributed by atoms with E-state index < -0.39 is 15.9 Å². The zero-order valence-corrected chi connectivity index (χ0v) is 19.0. The fourth-order valence-corrected chi connectivity index (χ4v) is 4.51.